The van der Waals surface area contributed by atoms with Gasteiger partial charge in [-0.1, -0.05) is 12.1 Å². The van der Waals surface area contributed by atoms with E-state index in [1.165, 1.54) is 0 Å². The van der Waals surface area contributed by atoms with Gasteiger partial charge in [-0.25, -0.2) is 0 Å². The van der Waals surface area contributed by atoms with Gasteiger partial charge in [0.25, 0.3) is 5.91 Å². The molecule has 0 atom stereocenters. The fraction of sp³-hybridized carbons (Fsp3) is 0.300. The first-order valence-corrected chi connectivity index (χ1v) is 8.62. The Morgan fingerprint density at radius 1 is 0.846 bits per heavy atom. The number of hydrogen-bond donors (Lipinski definition) is 2. The lowest BCUT2D eigenvalue weighted by Gasteiger charge is -2.09. The zero-order valence-electron chi connectivity index (χ0n) is 15.1. The molecule has 2 aromatic rings. The molecule has 0 aliphatic heterocycles. The Bertz CT molecular complexity index is 712. The Hall–Kier alpha value is -3.02. The van der Waals surface area contributed by atoms with E-state index in [0.717, 1.165) is 11.3 Å². The number of ether oxygens (including phenoxy) is 2. The average molecular weight is 356 g/mol. The van der Waals surface area contributed by atoms with E-state index in [-0.39, 0.29) is 24.8 Å². The number of benzene rings is 2. The van der Waals surface area contributed by atoms with E-state index in [9.17, 15) is 9.59 Å². The maximum absolute atomic E-state index is 12.1. The minimum Gasteiger partial charge on any atom is -0.494 e. The van der Waals surface area contributed by atoms with E-state index in [0.29, 0.717) is 24.6 Å². The molecule has 0 aliphatic rings. The SMILES string of the molecule is CCNC(=O)COc1ccc(NC(=O)Cc2ccc(OCC)cc2)cc1. The van der Waals surface area contributed by atoms with Crippen molar-refractivity contribution in [2.24, 2.45) is 0 Å². The number of anilines is 1. The third-order valence-corrected chi connectivity index (χ3v) is 3.48. The number of amides is 2. The molecule has 2 N–H and O–H groups in total. The highest BCUT2D eigenvalue weighted by Crippen LogP contribution is 2.17. The summed E-state index contributed by atoms with van der Waals surface area (Å²) >= 11 is 0. The Balaban J connectivity index is 1.82. The first-order chi connectivity index (χ1) is 12.6. The molecule has 6 nitrogen and oxygen atoms in total. The highest BCUT2D eigenvalue weighted by atomic mass is 16.5. The summed E-state index contributed by atoms with van der Waals surface area (Å²) in [6.07, 6.45) is 0.280. The minimum absolute atomic E-state index is 0.0305. The van der Waals surface area contributed by atoms with Gasteiger partial charge in [-0.15, -0.1) is 0 Å². The van der Waals surface area contributed by atoms with Crippen LogP contribution in [0.2, 0.25) is 0 Å². The highest BCUT2D eigenvalue weighted by Gasteiger charge is 2.06. The predicted molar refractivity (Wildman–Crippen MR) is 101 cm³/mol. The van der Waals surface area contributed by atoms with Crippen LogP contribution in [0, 0.1) is 0 Å². The van der Waals surface area contributed by atoms with Crippen LogP contribution < -0.4 is 20.1 Å². The van der Waals surface area contributed by atoms with Crippen LogP contribution in [0.3, 0.4) is 0 Å². The van der Waals surface area contributed by atoms with Gasteiger partial charge in [0.15, 0.2) is 6.61 Å². The zero-order valence-corrected chi connectivity index (χ0v) is 15.1. The van der Waals surface area contributed by atoms with Crippen LogP contribution >= 0.6 is 0 Å². The molecule has 0 bridgehead atoms. The summed E-state index contributed by atoms with van der Waals surface area (Å²) in [5.74, 6) is 1.09. The van der Waals surface area contributed by atoms with Crippen molar-refractivity contribution < 1.29 is 19.1 Å². The normalized spacial score (nSPS) is 10.1. The second-order valence-corrected chi connectivity index (χ2v) is 5.57. The molecule has 0 aromatic heterocycles. The van der Waals surface area contributed by atoms with Crippen molar-refractivity contribution in [3.63, 3.8) is 0 Å². The van der Waals surface area contributed by atoms with Crippen LogP contribution in [0.15, 0.2) is 48.5 Å². The van der Waals surface area contributed by atoms with E-state index in [4.69, 9.17) is 9.47 Å². The lowest BCUT2D eigenvalue weighted by molar-refractivity contribution is -0.123. The van der Waals surface area contributed by atoms with Crippen molar-refractivity contribution in [1.82, 2.24) is 5.32 Å². The van der Waals surface area contributed by atoms with Gasteiger partial charge in [-0.2, -0.15) is 0 Å². The maximum atomic E-state index is 12.1. The molecular weight excluding hydrogens is 332 g/mol. The van der Waals surface area contributed by atoms with Gasteiger partial charge >= 0.3 is 0 Å². The summed E-state index contributed by atoms with van der Waals surface area (Å²) in [4.78, 5) is 23.5. The molecule has 0 unspecified atom stereocenters. The van der Waals surface area contributed by atoms with Crippen molar-refractivity contribution >= 4 is 17.5 Å². The summed E-state index contributed by atoms with van der Waals surface area (Å²) in [6, 6.07) is 14.4. The third kappa shape index (κ3) is 6.47. The number of nitrogens with one attached hydrogen (secondary N) is 2. The standard InChI is InChI=1S/C20H24N2O4/c1-3-21-20(24)14-26-18-11-7-16(8-12-18)22-19(23)13-15-5-9-17(10-6-15)25-4-2/h5-12H,3-4,13-14H2,1-2H3,(H,21,24)(H,22,23). The van der Waals surface area contributed by atoms with Crippen LogP contribution in [0.4, 0.5) is 5.69 Å². The van der Waals surface area contributed by atoms with Gasteiger partial charge in [0.1, 0.15) is 11.5 Å². The summed E-state index contributed by atoms with van der Waals surface area (Å²) in [5.41, 5.74) is 1.58. The molecule has 138 valence electrons. The van der Waals surface area contributed by atoms with Gasteiger partial charge in [0.05, 0.1) is 13.0 Å². The predicted octanol–water partition coefficient (Wildman–Crippen LogP) is 2.78. The largest absolute Gasteiger partial charge is 0.494 e. The van der Waals surface area contributed by atoms with Crippen molar-refractivity contribution in [3.05, 3.63) is 54.1 Å². The molecule has 0 saturated carbocycles. The van der Waals surface area contributed by atoms with Crippen LogP contribution in [0.1, 0.15) is 19.4 Å². The third-order valence-electron chi connectivity index (χ3n) is 3.48. The molecule has 26 heavy (non-hydrogen) atoms. The van der Waals surface area contributed by atoms with E-state index in [1.807, 2.05) is 38.1 Å². The molecule has 0 radical (unpaired) electrons. The topological polar surface area (TPSA) is 76.7 Å². The quantitative estimate of drug-likeness (QED) is 0.724. The molecule has 0 saturated heterocycles. The molecular formula is C20H24N2O4. The zero-order chi connectivity index (χ0) is 18.8. The van der Waals surface area contributed by atoms with E-state index in [1.54, 1.807) is 24.3 Å². The number of carbonyl (C=O) groups is 2. The summed E-state index contributed by atoms with van der Waals surface area (Å²) < 4.78 is 10.8. The van der Waals surface area contributed by atoms with Crippen molar-refractivity contribution in [2.75, 3.05) is 25.1 Å². The van der Waals surface area contributed by atoms with E-state index >= 15 is 0 Å². The molecule has 0 fully saturated rings. The monoisotopic (exact) mass is 356 g/mol. The van der Waals surface area contributed by atoms with Crippen LogP contribution in [0.5, 0.6) is 11.5 Å². The van der Waals surface area contributed by atoms with Crippen LogP contribution in [0.25, 0.3) is 0 Å². The Kier molecular flexibility index (Phi) is 7.49. The molecule has 2 amide bonds. The van der Waals surface area contributed by atoms with Gasteiger partial charge in [-0.3, -0.25) is 9.59 Å². The number of hydrogen-bond acceptors (Lipinski definition) is 4. The van der Waals surface area contributed by atoms with Crippen LogP contribution in [-0.2, 0) is 16.0 Å². The Morgan fingerprint density at radius 2 is 1.46 bits per heavy atom. The second kappa shape index (κ2) is 10.1. The second-order valence-electron chi connectivity index (χ2n) is 5.57. The summed E-state index contributed by atoms with van der Waals surface area (Å²) in [5, 5.41) is 5.50. The molecule has 2 aromatic carbocycles. The Labute approximate surface area is 153 Å². The lowest BCUT2D eigenvalue weighted by Crippen LogP contribution is -2.28. The molecule has 6 heteroatoms. The van der Waals surface area contributed by atoms with Gasteiger partial charge in [0.2, 0.25) is 5.91 Å². The first-order valence-electron chi connectivity index (χ1n) is 8.62. The first kappa shape index (κ1) is 19.3. The number of likely N-dealkylation sites (N-methyl/N-ethyl adjacent to an activating group) is 1. The van der Waals surface area contributed by atoms with E-state index < -0.39 is 0 Å². The van der Waals surface area contributed by atoms with Gasteiger partial charge < -0.3 is 20.1 Å². The van der Waals surface area contributed by atoms with Gasteiger partial charge in [0, 0.05) is 12.2 Å². The van der Waals surface area contributed by atoms with Gasteiger partial charge in [-0.05, 0) is 55.8 Å². The maximum Gasteiger partial charge on any atom is 0.257 e. The van der Waals surface area contributed by atoms with E-state index in [2.05, 4.69) is 10.6 Å². The lowest BCUT2D eigenvalue weighted by atomic mass is 10.1. The number of carbonyl (C=O) groups excluding carboxylic acids is 2. The average Bonchev–Trinajstić information content (AvgIpc) is 2.63. The molecule has 0 aliphatic carbocycles. The summed E-state index contributed by atoms with van der Waals surface area (Å²) in [6.45, 7) is 4.93. The highest BCUT2D eigenvalue weighted by molar-refractivity contribution is 5.92. The fourth-order valence-electron chi connectivity index (χ4n) is 2.29. The smallest absolute Gasteiger partial charge is 0.257 e. The molecule has 2 rings (SSSR count). The van der Waals surface area contributed by atoms with Crippen molar-refractivity contribution in [1.29, 1.82) is 0 Å². The Morgan fingerprint density at radius 3 is 2.08 bits per heavy atom. The molecule has 0 heterocycles. The van der Waals surface area contributed by atoms with Crippen molar-refractivity contribution in [3.8, 4) is 11.5 Å². The summed E-state index contributed by atoms with van der Waals surface area (Å²) in [7, 11) is 0. The van der Waals surface area contributed by atoms with Crippen LogP contribution in [-0.4, -0.2) is 31.6 Å². The molecule has 0 spiro atoms. The number of rotatable bonds is 9. The minimum atomic E-state index is -0.166. The van der Waals surface area contributed by atoms with Crippen molar-refractivity contribution in [2.45, 2.75) is 20.3 Å². The fourth-order valence-corrected chi connectivity index (χ4v) is 2.29.